The van der Waals surface area contributed by atoms with E-state index in [2.05, 4.69) is 5.32 Å². The van der Waals surface area contributed by atoms with E-state index in [0.29, 0.717) is 29.1 Å². The summed E-state index contributed by atoms with van der Waals surface area (Å²) in [6, 6.07) is 10.9. The third-order valence-corrected chi connectivity index (χ3v) is 3.82. The van der Waals surface area contributed by atoms with Crippen molar-refractivity contribution in [3.05, 3.63) is 64.4 Å². The van der Waals surface area contributed by atoms with Crippen molar-refractivity contribution < 1.29 is 23.5 Å². The number of benzene rings is 2. The molecular formula is C19H19ClFNO4. The van der Waals surface area contributed by atoms with Crippen LogP contribution in [-0.2, 0) is 16.1 Å². The van der Waals surface area contributed by atoms with Crippen molar-refractivity contribution in [1.29, 1.82) is 0 Å². The van der Waals surface area contributed by atoms with Crippen LogP contribution < -0.4 is 10.1 Å². The molecule has 0 aromatic heterocycles. The van der Waals surface area contributed by atoms with Crippen molar-refractivity contribution in [2.45, 2.75) is 19.4 Å². The Labute approximate surface area is 156 Å². The fourth-order valence-electron chi connectivity index (χ4n) is 2.17. The summed E-state index contributed by atoms with van der Waals surface area (Å²) in [5.74, 6) is -1.02. The van der Waals surface area contributed by atoms with Crippen LogP contribution in [0.4, 0.5) is 4.39 Å². The summed E-state index contributed by atoms with van der Waals surface area (Å²) in [7, 11) is 1.38. The predicted molar refractivity (Wildman–Crippen MR) is 95.8 cm³/mol. The van der Waals surface area contributed by atoms with Gasteiger partial charge in [-0.25, -0.2) is 4.39 Å². The Balaban J connectivity index is 1.66. The van der Waals surface area contributed by atoms with E-state index in [9.17, 15) is 14.0 Å². The van der Waals surface area contributed by atoms with E-state index in [0.717, 1.165) is 0 Å². The smallest absolute Gasteiger partial charge is 0.306 e. The molecule has 0 saturated heterocycles. The third-order valence-electron chi connectivity index (χ3n) is 3.57. The SMILES string of the molecule is COc1ccc(COC(=O)CCCNC(=O)c2ccc(Cl)cc2)cc1F. The number of methoxy groups -OCH3 is 1. The molecule has 0 saturated carbocycles. The zero-order valence-electron chi connectivity index (χ0n) is 14.3. The molecule has 0 atom stereocenters. The number of halogens is 2. The molecule has 5 nitrogen and oxygen atoms in total. The molecule has 138 valence electrons. The number of hydrogen-bond acceptors (Lipinski definition) is 4. The van der Waals surface area contributed by atoms with E-state index < -0.39 is 11.8 Å². The van der Waals surface area contributed by atoms with Gasteiger partial charge in [0.05, 0.1) is 7.11 Å². The first-order valence-electron chi connectivity index (χ1n) is 8.01. The summed E-state index contributed by atoms with van der Waals surface area (Å²) in [6.07, 6.45) is 0.592. The number of carbonyl (C=O) groups excluding carboxylic acids is 2. The molecule has 0 fully saturated rings. The van der Waals surface area contributed by atoms with E-state index in [-0.39, 0.29) is 24.7 Å². The van der Waals surface area contributed by atoms with Crippen LogP contribution in [-0.4, -0.2) is 25.5 Å². The Morgan fingerprint density at radius 1 is 1.15 bits per heavy atom. The van der Waals surface area contributed by atoms with Gasteiger partial charge >= 0.3 is 5.97 Å². The minimum Gasteiger partial charge on any atom is -0.494 e. The number of ether oxygens (including phenoxy) is 2. The Morgan fingerprint density at radius 2 is 1.88 bits per heavy atom. The Hall–Kier alpha value is -2.60. The second-order valence-corrected chi connectivity index (χ2v) is 5.93. The average Bonchev–Trinajstić information content (AvgIpc) is 2.64. The van der Waals surface area contributed by atoms with Gasteiger partial charge < -0.3 is 14.8 Å². The Kier molecular flexibility index (Phi) is 7.41. The first-order chi connectivity index (χ1) is 12.5. The van der Waals surface area contributed by atoms with Crippen LogP contribution in [0.25, 0.3) is 0 Å². The molecule has 2 rings (SSSR count). The van der Waals surface area contributed by atoms with Crippen molar-refractivity contribution >= 4 is 23.5 Å². The van der Waals surface area contributed by atoms with E-state index in [1.165, 1.54) is 19.2 Å². The molecule has 0 aliphatic rings. The van der Waals surface area contributed by atoms with Crippen LogP contribution in [0, 0.1) is 5.82 Å². The van der Waals surface area contributed by atoms with E-state index in [4.69, 9.17) is 21.1 Å². The number of rotatable bonds is 8. The maximum Gasteiger partial charge on any atom is 0.306 e. The first-order valence-corrected chi connectivity index (χ1v) is 8.39. The number of esters is 1. The van der Waals surface area contributed by atoms with Crippen molar-refractivity contribution in [2.75, 3.05) is 13.7 Å². The lowest BCUT2D eigenvalue weighted by Gasteiger charge is -2.08. The third kappa shape index (κ3) is 6.04. The maximum atomic E-state index is 13.5. The standard InChI is InChI=1S/C19H19ClFNO4/c1-25-17-9-4-13(11-16(17)21)12-26-18(23)3-2-10-22-19(24)14-5-7-15(20)8-6-14/h4-9,11H,2-3,10,12H2,1H3,(H,22,24). The van der Waals surface area contributed by atoms with Crippen molar-refractivity contribution in [3.63, 3.8) is 0 Å². The van der Waals surface area contributed by atoms with Crippen LogP contribution >= 0.6 is 11.6 Å². The van der Waals surface area contributed by atoms with Crippen LogP contribution in [0.1, 0.15) is 28.8 Å². The average molecular weight is 380 g/mol. The Morgan fingerprint density at radius 3 is 2.54 bits per heavy atom. The van der Waals surface area contributed by atoms with Crippen molar-refractivity contribution in [1.82, 2.24) is 5.32 Å². The number of hydrogen-bond donors (Lipinski definition) is 1. The van der Waals surface area contributed by atoms with Gasteiger partial charge in [0, 0.05) is 23.6 Å². The second-order valence-electron chi connectivity index (χ2n) is 5.50. The molecule has 0 radical (unpaired) electrons. The molecule has 1 N–H and O–H groups in total. The first kappa shape index (κ1) is 19.7. The molecule has 2 aromatic carbocycles. The van der Waals surface area contributed by atoms with Crippen LogP contribution in [0.15, 0.2) is 42.5 Å². The van der Waals surface area contributed by atoms with Gasteiger partial charge in [-0.05, 0) is 48.4 Å². The van der Waals surface area contributed by atoms with Gasteiger partial charge in [0.1, 0.15) is 6.61 Å². The normalized spacial score (nSPS) is 10.3. The highest BCUT2D eigenvalue weighted by Gasteiger charge is 2.08. The lowest BCUT2D eigenvalue weighted by atomic mass is 10.2. The van der Waals surface area contributed by atoms with Gasteiger partial charge in [0.15, 0.2) is 11.6 Å². The zero-order valence-corrected chi connectivity index (χ0v) is 15.0. The number of amides is 1. The van der Waals surface area contributed by atoms with Gasteiger partial charge in [-0.3, -0.25) is 9.59 Å². The minimum atomic E-state index is -0.508. The fourth-order valence-corrected chi connectivity index (χ4v) is 2.30. The molecule has 0 unspecified atom stereocenters. The van der Waals surface area contributed by atoms with Crippen LogP contribution in [0.5, 0.6) is 5.75 Å². The van der Waals surface area contributed by atoms with Gasteiger partial charge in [-0.1, -0.05) is 17.7 Å². The van der Waals surface area contributed by atoms with Crippen molar-refractivity contribution in [2.24, 2.45) is 0 Å². The molecule has 0 heterocycles. The molecule has 26 heavy (non-hydrogen) atoms. The summed E-state index contributed by atoms with van der Waals surface area (Å²) < 4.78 is 23.5. The second kappa shape index (κ2) is 9.77. The van der Waals surface area contributed by atoms with E-state index >= 15 is 0 Å². The summed E-state index contributed by atoms with van der Waals surface area (Å²) in [5, 5.41) is 3.27. The number of carbonyl (C=O) groups is 2. The lowest BCUT2D eigenvalue weighted by molar-refractivity contribution is -0.145. The van der Waals surface area contributed by atoms with Gasteiger partial charge in [0.2, 0.25) is 0 Å². The molecule has 2 aromatic rings. The largest absolute Gasteiger partial charge is 0.494 e. The molecule has 1 amide bonds. The lowest BCUT2D eigenvalue weighted by Crippen LogP contribution is -2.24. The van der Waals surface area contributed by atoms with Crippen LogP contribution in [0.2, 0.25) is 5.02 Å². The summed E-state index contributed by atoms with van der Waals surface area (Å²) in [6.45, 7) is 0.324. The molecule has 0 bridgehead atoms. The molecule has 0 aliphatic carbocycles. The summed E-state index contributed by atoms with van der Waals surface area (Å²) in [5.41, 5.74) is 1.03. The molecule has 0 aliphatic heterocycles. The summed E-state index contributed by atoms with van der Waals surface area (Å²) >= 11 is 5.77. The summed E-state index contributed by atoms with van der Waals surface area (Å²) in [4.78, 5) is 23.6. The fraction of sp³-hybridized carbons (Fsp3) is 0.263. The van der Waals surface area contributed by atoms with Gasteiger partial charge in [0.25, 0.3) is 5.91 Å². The predicted octanol–water partition coefficient (Wildman–Crippen LogP) is 3.74. The highest BCUT2D eigenvalue weighted by Crippen LogP contribution is 2.18. The highest BCUT2D eigenvalue weighted by atomic mass is 35.5. The van der Waals surface area contributed by atoms with Crippen molar-refractivity contribution in [3.8, 4) is 5.75 Å². The zero-order chi connectivity index (χ0) is 18.9. The highest BCUT2D eigenvalue weighted by molar-refractivity contribution is 6.30. The minimum absolute atomic E-state index is 0.0170. The molecule has 7 heteroatoms. The molecule has 0 spiro atoms. The quantitative estimate of drug-likeness (QED) is 0.560. The van der Waals surface area contributed by atoms with E-state index in [1.807, 2.05) is 0 Å². The monoisotopic (exact) mass is 379 g/mol. The molecular weight excluding hydrogens is 361 g/mol. The topological polar surface area (TPSA) is 64.6 Å². The van der Waals surface area contributed by atoms with Gasteiger partial charge in [-0.15, -0.1) is 0 Å². The maximum absolute atomic E-state index is 13.5. The Bertz CT molecular complexity index is 765. The van der Waals surface area contributed by atoms with E-state index in [1.54, 1.807) is 30.3 Å². The number of nitrogens with one attached hydrogen (secondary N) is 1. The van der Waals surface area contributed by atoms with Gasteiger partial charge in [-0.2, -0.15) is 0 Å². The van der Waals surface area contributed by atoms with Crippen LogP contribution in [0.3, 0.4) is 0 Å².